The topological polar surface area (TPSA) is 28.1 Å². The van der Waals surface area contributed by atoms with Gasteiger partial charge in [-0.2, -0.15) is 0 Å². The molecule has 1 rings (SSSR count). The van der Waals surface area contributed by atoms with E-state index in [4.69, 9.17) is 5.39 Å². The number of diazo groups is 1. The second-order valence-corrected chi connectivity index (χ2v) is 7.61. The molecule has 0 amide bonds. The normalized spacial score (nSPS) is 10.9. The number of benzene rings is 1. The lowest BCUT2D eigenvalue weighted by Gasteiger charge is -2.03. The van der Waals surface area contributed by atoms with Crippen molar-refractivity contribution in [2.24, 2.45) is 0 Å². The molecule has 0 aliphatic heterocycles. The Labute approximate surface area is 174 Å². The first kappa shape index (κ1) is 27.4. The molecule has 0 atom stereocenters. The van der Waals surface area contributed by atoms with Gasteiger partial charge in [-0.05, 0) is 18.4 Å². The Bertz CT molecular complexity index is 521. The molecule has 0 heterocycles. The van der Waals surface area contributed by atoms with E-state index in [1.807, 2.05) is 12.1 Å². The van der Waals surface area contributed by atoms with Crippen LogP contribution in [0.15, 0.2) is 24.3 Å². The molecule has 0 aliphatic rings. The molecule has 29 heavy (non-hydrogen) atoms. The number of unbranched alkanes of at least 4 members (excludes halogenated alkanes) is 13. The molecule has 0 bridgehead atoms. The lowest BCUT2D eigenvalue weighted by Crippen LogP contribution is -2.02. The van der Waals surface area contributed by atoms with Crippen LogP contribution in [-0.4, -0.2) is 7.25 Å². The highest BCUT2D eigenvalue weighted by atomic mass is 19.5. The van der Waals surface area contributed by atoms with Crippen molar-refractivity contribution in [1.29, 1.82) is 5.39 Å². The third-order valence-electron chi connectivity index (χ3n) is 4.87. The van der Waals surface area contributed by atoms with Crippen molar-refractivity contribution in [3.63, 3.8) is 0 Å². The standard InChI is InChI=1S/C22H37N2.BF4/c1-2-3-4-5-6-7-8-9-10-11-12-13-14-15-16-21-17-19-22(24-23)20-18-21;2-1(3,4)5/h17-20H,2-16H2,1H3;/q+1;-1. The molecule has 2 nitrogen and oxygen atoms in total. The Morgan fingerprint density at radius 2 is 1.00 bits per heavy atom. The molecule has 7 heteroatoms. The second-order valence-electron chi connectivity index (χ2n) is 7.61. The Kier molecular flexibility index (Phi) is 17.5. The Morgan fingerprint density at radius 3 is 1.34 bits per heavy atom. The number of halogens is 4. The largest absolute Gasteiger partial charge is 0.673 e. The summed E-state index contributed by atoms with van der Waals surface area (Å²) in [5.74, 6) is 0. The van der Waals surface area contributed by atoms with E-state index in [-0.39, 0.29) is 0 Å². The molecule has 166 valence electrons. The molecule has 0 saturated carbocycles. The number of hydrogen-bond acceptors (Lipinski definition) is 1. The van der Waals surface area contributed by atoms with E-state index in [0.29, 0.717) is 5.69 Å². The number of aryl methyl sites for hydroxylation is 1. The average Bonchev–Trinajstić information content (AvgIpc) is 2.67. The molecular formula is C22H37BF4N2. The number of hydrogen-bond donors (Lipinski definition) is 0. The van der Waals surface area contributed by atoms with Crippen LogP contribution in [0, 0.1) is 5.39 Å². The maximum atomic E-state index is 9.75. The van der Waals surface area contributed by atoms with Crippen molar-refractivity contribution >= 4 is 12.9 Å². The molecule has 0 N–H and O–H groups in total. The predicted molar refractivity (Wildman–Crippen MR) is 115 cm³/mol. The van der Waals surface area contributed by atoms with Gasteiger partial charge in [0.1, 0.15) is 0 Å². The molecule has 0 unspecified atom stereocenters. The Hall–Kier alpha value is -1.58. The summed E-state index contributed by atoms with van der Waals surface area (Å²) in [6.45, 7) is 2.28. The predicted octanol–water partition coefficient (Wildman–Crippen LogP) is 9.49. The van der Waals surface area contributed by atoms with E-state index in [9.17, 15) is 17.3 Å². The van der Waals surface area contributed by atoms with Crippen molar-refractivity contribution in [3.8, 4) is 0 Å². The average molecular weight is 416 g/mol. The molecule has 0 saturated heterocycles. The summed E-state index contributed by atoms with van der Waals surface area (Å²) in [7, 11) is -6.00. The van der Waals surface area contributed by atoms with Crippen LogP contribution in [0.1, 0.15) is 102 Å². The van der Waals surface area contributed by atoms with Crippen LogP contribution in [0.25, 0.3) is 4.98 Å². The second kappa shape index (κ2) is 18.5. The van der Waals surface area contributed by atoms with Crippen LogP contribution in [0.4, 0.5) is 23.0 Å². The zero-order valence-corrected chi connectivity index (χ0v) is 17.9. The van der Waals surface area contributed by atoms with Gasteiger partial charge >= 0.3 is 12.9 Å². The maximum Gasteiger partial charge on any atom is 0.673 e. The van der Waals surface area contributed by atoms with E-state index in [0.717, 1.165) is 6.42 Å². The Balaban J connectivity index is 0.00000139. The fourth-order valence-electron chi connectivity index (χ4n) is 3.25. The van der Waals surface area contributed by atoms with Gasteiger partial charge < -0.3 is 17.3 Å². The first-order valence-electron chi connectivity index (χ1n) is 11.2. The first-order valence-corrected chi connectivity index (χ1v) is 11.2. The van der Waals surface area contributed by atoms with E-state index < -0.39 is 7.25 Å². The van der Waals surface area contributed by atoms with Gasteiger partial charge in [-0.3, -0.25) is 0 Å². The summed E-state index contributed by atoms with van der Waals surface area (Å²) >= 11 is 0. The van der Waals surface area contributed by atoms with Crippen LogP contribution in [-0.2, 0) is 6.42 Å². The summed E-state index contributed by atoms with van der Waals surface area (Å²) in [4.78, 5) is 3.18. The molecular weight excluding hydrogens is 379 g/mol. The highest BCUT2D eigenvalue weighted by Crippen LogP contribution is 2.16. The summed E-state index contributed by atoms with van der Waals surface area (Å²) in [6, 6.07) is 7.88. The highest BCUT2D eigenvalue weighted by molar-refractivity contribution is 6.50. The third kappa shape index (κ3) is 22.6. The lowest BCUT2D eigenvalue weighted by atomic mass is 10.0. The third-order valence-corrected chi connectivity index (χ3v) is 4.87. The molecule has 0 aliphatic carbocycles. The van der Waals surface area contributed by atoms with Crippen molar-refractivity contribution < 1.29 is 17.3 Å². The van der Waals surface area contributed by atoms with E-state index in [1.54, 1.807) is 0 Å². The summed E-state index contributed by atoms with van der Waals surface area (Å²) < 4.78 is 39.0. The minimum absolute atomic E-state index is 0.639. The van der Waals surface area contributed by atoms with Gasteiger partial charge in [0.15, 0.2) is 4.98 Å². The van der Waals surface area contributed by atoms with Crippen LogP contribution >= 0.6 is 0 Å². The van der Waals surface area contributed by atoms with Crippen LogP contribution in [0.3, 0.4) is 0 Å². The minimum atomic E-state index is -6.00. The van der Waals surface area contributed by atoms with Crippen molar-refractivity contribution in [2.45, 2.75) is 103 Å². The van der Waals surface area contributed by atoms with Crippen LogP contribution < -0.4 is 0 Å². The molecule has 0 spiro atoms. The van der Waals surface area contributed by atoms with Gasteiger partial charge in [0.2, 0.25) is 5.39 Å². The van der Waals surface area contributed by atoms with Gasteiger partial charge in [-0.1, -0.05) is 103 Å². The summed E-state index contributed by atoms with van der Waals surface area (Å²) in [5, 5.41) is 8.66. The summed E-state index contributed by atoms with van der Waals surface area (Å²) in [6.07, 6.45) is 20.8. The zero-order valence-electron chi connectivity index (χ0n) is 17.9. The van der Waals surface area contributed by atoms with Crippen LogP contribution in [0.5, 0.6) is 0 Å². The van der Waals surface area contributed by atoms with Gasteiger partial charge in [0.05, 0.1) is 0 Å². The molecule has 1 aromatic rings. The molecule has 0 fully saturated rings. The van der Waals surface area contributed by atoms with E-state index >= 15 is 0 Å². The smallest absolute Gasteiger partial charge is 0.418 e. The van der Waals surface area contributed by atoms with Gasteiger partial charge in [-0.15, -0.1) is 0 Å². The fourth-order valence-corrected chi connectivity index (χ4v) is 3.25. The fraction of sp³-hybridized carbons (Fsp3) is 0.727. The monoisotopic (exact) mass is 416 g/mol. The zero-order chi connectivity index (χ0) is 21.8. The first-order chi connectivity index (χ1) is 13.9. The Morgan fingerprint density at radius 1 is 0.655 bits per heavy atom. The van der Waals surface area contributed by atoms with Crippen molar-refractivity contribution in [3.05, 3.63) is 34.8 Å². The molecule has 1 aromatic carbocycles. The maximum absolute atomic E-state index is 9.75. The van der Waals surface area contributed by atoms with Gasteiger partial charge in [-0.25, -0.2) is 0 Å². The quantitative estimate of drug-likeness (QED) is 0.121. The minimum Gasteiger partial charge on any atom is -0.418 e. The van der Waals surface area contributed by atoms with Crippen molar-refractivity contribution in [2.75, 3.05) is 0 Å². The summed E-state index contributed by atoms with van der Waals surface area (Å²) in [5.41, 5.74) is 1.99. The highest BCUT2D eigenvalue weighted by Gasteiger charge is 2.20. The van der Waals surface area contributed by atoms with Crippen molar-refractivity contribution in [1.82, 2.24) is 0 Å². The molecule has 0 radical (unpaired) electrons. The number of nitrogens with zero attached hydrogens (tertiary/aromatic N) is 2. The lowest BCUT2D eigenvalue weighted by molar-refractivity contribution is 0.368. The van der Waals surface area contributed by atoms with Gasteiger partial charge in [0.25, 0.3) is 0 Å². The molecule has 0 aromatic heterocycles. The van der Waals surface area contributed by atoms with E-state index in [1.165, 1.54) is 95.5 Å². The van der Waals surface area contributed by atoms with Crippen LogP contribution in [0.2, 0.25) is 0 Å². The van der Waals surface area contributed by atoms with Gasteiger partial charge in [0, 0.05) is 12.1 Å². The van der Waals surface area contributed by atoms with E-state index in [2.05, 4.69) is 24.0 Å². The number of rotatable bonds is 15. The SMILES string of the molecule is CCCCCCCCCCCCCCCCc1ccc([N+]#N)cc1.F[B-](F)(F)F.